The largest absolute Gasteiger partial charge is 2.00 e. The second kappa shape index (κ2) is 10.6. The van der Waals surface area contributed by atoms with Crippen LogP contribution in [0.15, 0.2) is 0 Å². The Hall–Kier alpha value is -0.918. The quantitative estimate of drug-likeness (QED) is 0.333. The smallest absolute Gasteiger partial charge is 0.333 e. The van der Waals surface area contributed by atoms with Crippen LogP contribution in [0.2, 0.25) is 0 Å². The molecule has 0 saturated carbocycles. The van der Waals surface area contributed by atoms with Gasteiger partial charge in [0.05, 0.1) is 0 Å². The second-order valence-corrected chi connectivity index (χ2v) is 10.7. The monoisotopic (exact) mass is 472 g/mol. The Kier molecular flexibility index (Phi) is 12.1. The molecule has 0 fully saturated rings. The predicted molar refractivity (Wildman–Crippen MR) is 106 cm³/mol. The molecule has 0 aromatic rings. The normalized spacial score (nSPS) is 12.0. The molecule has 0 spiro atoms. The molecule has 5 heteroatoms. The summed E-state index contributed by atoms with van der Waals surface area (Å²) in [6, 6.07) is 0. The summed E-state index contributed by atoms with van der Waals surface area (Å²) < 4.78 is 0. The van der Waals surface area contributed by atoms with E-state index >= 15 is 0 Å². The topological polar surface area (TPSA) is 68.3 Å². The van der Waals surface area contributed by atoms with Crippen LogP contribution in [-0.4, -0.2) is 23.1 Å². The minimum Gasteiger partial charge on any atom is -0.333 e. The molecule has 4 nitrogen and oxygen atoms in total. The summed E-state index contributed by atoms with van der Waals surface area (Å²) in [6.45, 7) is 21.7. The Bertz CT molecular complexity index is 435. The third-order valence-electron chi connectivity index (χ3n) is 3.48. The molecule has 0 saturated heterocycles. The Balaban J connectivity index is -0.000000411. The van der Waals surface area contributed by atoms with Crippen LogP contribution in [0.3, 0.4) is 0 Å². The van der Waals surface area contributed by atoms with Crippen LogP contribution in [0.1, 0.15) is 83.1 Å². The molecule has 0 N–H and O–H groups in total. The van der Waals surface area contributed by atoms with Crippen molar-refractivity contribution in [2.75, 3.05) is 0 Å². The average molecular weight is 473 g/mol. The zero-order chi connectivity index (χ0) is 21.7. The van der Waals surface area contributed by atoms with E-state index in [0.717, 1.165) is 0 Å². The molecule has 0 atom stereocenters. The standard InChI is InChI=1S/2C11H19O2.Pd/c2*1-10(2,3)8(12)7-9(13)11(4,5)6;/h2*7H,1-6H3;/q2*-1;+2. The Labute approximate surface area is 180 Å². The molecule has 160 valence electrons. The maximum absolute atomic E-state index is 11.4. The summed E-state index contributed by atoms with van der Waals surface area (Å²) in [5.74, 6) is -0.417. The van der Waals surface area contributed by atoms with Crippen molar-refractivity contribution in [3.8, 4) is 0 Å². The Morgan fingerprint density at radius 1 is 0.407 bits per heavy atom. The first-order chi connectivity index (χ1) is 11.1. The Morgan fingerprint density at radius 2 is 0.519 bits per heavy atom. The third-order valence-corrected chi connectivity index (χ3v) is 3.48. The molecule has 0 aromatic heterocycles. The van der Waals surface area contributed by atoms with Gasteiger partial charge in [-0.05, 0) is 21.7 Å². The van der Waals surface area contributed by atoms with Crippen LogP contribution in [0.5, 0.6) is 0 Å². The van der Waals surface area contributed by atoms with Crippen LogP contribution in [0.4, 0.5) is 0 Å². The van der Waals surface area contributed by atoms with Gasteiger partial charge in [-0.1, -0.05) is 83.1 Å². The second-order valence-electron chi connectivity index (χ2n) is 10.7. The Morgan fingerprint density at radius 3 is 0.593 bits per heavy atom. The average Bonchev–Trinajstić information content (AvgIpc) is 2.34. The van der Waals surface area contributed by atoms with Gasteiger partial charge in [0.2, 0.25) is 0 Å². The van der Waals surface area contributed by atoms with Crippen molar-refractivity contribution in [2.45, 2.75) is 83.1 Å². The van der Waals surface area contributed by atoms with Crippen molar-refractivity contribution in [3.05, 3.63) is 12.8 Å². The van der Waals surface area contributed by atoms with E-state index in [4.69, 9.17) is 0 Å². The number of carbonyl (C=O) groups excluding carboxylic acids is 4. The number of carbonyl (C=O) groups is 4. The third kappa shape index (κ3) is 13.8. The van der Waals surface area contributed by atoms with Crippen molar-refractivity contribution >= 4 is 23.1 Å². The number of hydrogen-bond donors (Lipinski definition) is 0. The van der Waals surface area contributed by atoms with E-state index in [1.807, 2.05) is 83.1 Å². The molecule has 0 aliphatic carbocycles. The van der Waals surface area contributed by atoms with Gasteiger partial charge in [-0.3, -0.25) is 12.8 Å². The minimum absolute atomic E-state index is 0. The first kappa shape index (κ1) is 30.8. The van der Waals surface area contributed by atoms with Crippen molar-refractivity contribution in [2.24, 2.45) is 21.7 Å². The molecule has 0 aliphatic heterocycles. The fourth-order valence-electron chi connectivity index (χ4n) is 1.10. The number of hydrogen-bond acceptors (Lipinski definition) is 4. The van der Waals surface area contributed by atoms with E-state index in [0.29, 0.717) is 0 Å². The van der Waals surface area contributed by atoms with Gasteiger partial charge in [0.1, 0.15) is 0 Å². The number of Topliss-reactive ketones (excluding diaryl/α,β-unsaturated/α-hetero) is 4. The van der Waals surface area contributed by atoms with E-state index in [1.54, 1.807) is 0 Å². The molecular formula is C22H38O4Pd. The van der Waals surface area contributed by atoms with Crippen LogP contribution in [-0.2, 0) is 39.6 Å². The minimum atomic E-state index is -0.457. The van der Waals surface area contributed by atoms with Gasteiger partial charge >= 0.3 is 20.4 Å². The maximum atomic E-state index is 11.4. The van der Waals surface area contributed by atoms with Gasteiger partial charge in [-0.15, -0.1) is 0 Å². The van der Waals surface area contributed by atoms with Crippen molar-refractivity contribution in [3.63, 3.8) is 0 Å². The molecule has 0 heterocycles. The molecule has 0 aliphatic rings. The molecule has 0 radical (unpaired) electrons. The molecule has 0 rings (SSSR count). The van der Waals surface area contributed by atoms with Crippen LogP contribution >= 0.6 is 0 Å². The van der Waals surface area contributed by atoms with E-state index in [1.165, 1.54) is 12.8 Å². The molecule has 0 unspecified atom stereocenters. The van der Waals surface area contributed by atoms with E-state index in [9.17, 15) is 19.2 Å². The fraction of sp³-hybridized carbons (Fsp3) is 0.727. The van der Waals surface area contributed by atoms with Gasteiger partial charge in [0.15, 0.2) is 0 Å². The zero-order valence-electron chi connectivity index (χ0n) is 19.1. The molecule has 0 amide bonds. The number of ketones is 4. The first-order valence-corrected chi connectivity index (χ1v) is 8.97. The number of rotatable bonds is 4. The molecule has 27 heavy (non-hydrogen) atoms. The SMILES string of the molecule is CC(C)(C)C(=O)[CH-]C(=O)C(C)(C)C.CC(C)(C)C(=O)[CH-]C(=O)C(C)(C)C.[Pd+2]. The van der Waals surface area contributed by atoms with Crippen LogP contribution < -0.4 is 0 Å². The summed E-state index contributed by atoms with van der Waals surface area (Å²) >= 11 is 0. The first-order valence-electron chi connectivity index (χ1n) is 8.97. The summed E-state index contributed by atoms with van der Waals surface area (Å²) in [5.41, 5.74) is -1.83. The fourth-order valence-corrected chi connectivity index (χ4v) is 1.10. The van der Waals surface area contributed by atoms with Crippen LogP contribution in [0.25, 0.3) is 0 Å². The van der Waals surface area contributed by atoms with E-state index in [2.05, 4.69) is 0 Å². The van der Waals surface area contributed by atoms with Crippen LogP contribution in [0, 0.1) is 34.5 Å². The van der Waals surface area contributed by atoms with E-state index < -0.39 is 21.7 Å². The van der Waals surface area contributed by atoms with Gasteiger partial charge in [0, 0.05) is 23.1 Å². The van der Waals surface area contributed by atoms with Gasteiger partial charge in [-0.25, -0.2) is 0 Å². The summed E-state index contributed by atoms with van der Waals surface area (Å²) in [5, 5.41) is 0. The molecule has 0 aromatic carbocycles. The zero-order valence-corrected chi connectivity index (χ0v) is 20.7. The molecular weight excluding hydrogens is 435 g/mol. The summed E-state index contributed by atoms with van der Waals surface area (Å²) in [7, 11) is 0. The maximum Gasteiger partial charge on any atom is 2.00 e. The van der Waals surface area contributed by atoms with E-state index in [-0.39, 0.29) is 43.6 Å². The van der Waals surface area contributed by atoms with Gasteiger partial charge in [-0.2, -0.15) is 0 Å². The van der Waals surface area contributed by atoms with Crippen molar-refractivity contribution in [1.29, 1.82) is 0 Å². The van der Waals surface area contributed by atoms with Gasteiger partial charge < -0.3 is 19.2 Å². The van der Waals surface area contributed by atoms with Crippen molar-refractivity contribution < 1.29 is 39.6 Å². The summed E-state index contributed by atoms with van der Waals surface area (Å²) in [4.78, 5) is 45.8. The van der Waals surface area contributed by atoms with Crippen molar-refractivity contribution in [1.82, 2.24) is 0 Å². The summed E-state index contributed by atoms with van der Waals surface area (Å²) in [6.07, 6.45) is 2.44. The predicted octanol–water partition coefficient (Wildman–Crippen LogP) is 4.84. The molecule has 0 bridgehead atoms. The van der Waals surface area contributed by atoms with Gasteiger partial charge in [0.25, 0.3) is 0 Å².